The van der Waals surface area contributed by atoms with Crippen LogP contribution in [0.25, 0.3) is 0 Å². The van der Waals surface area contributed by atoms with Crippen molar-refractivity contribution in [1.82, 2.24) is 5.32 Å². The normalized spacial score (nSPS) is 10.2. The number of amides is 1. The van der Waals surface area contributed by atoms with E-state index in [0.717, 1.165) is 50.1 Å². The van der Waals surface area contributed by atoms with Gasteiger partial charge in [-0.2, -0.15) is 0 Å². The van der Waals surface area contributed by atoms with Gasteiger partial charge in [0.1, 0.15) is 5.75 Å². The Morgan fingerprint density at radius 2 is 1.95 bits per heavy atom. The van der Waals surface area contributed by atoms with Crippen LogP contribution < -0.4 is 15.8 Å². The van der Waals surface area contributed by atoms with Crippen LogP contribution in [0.5, 0.6) is 5.75 Å². The van der Waals surface area contributed by atoms with Gasteiger partial charge < -0.3 is 15.8 Å². The van der Waals surface area contributed by atoms with E-state index < -0.39 is 0 Å². The number of aryl methyl sites for hydroxylation is 1. The lowest BCUT2D eigenvalue weighted by molar-refractivity contribution is -0.121. The lowest BCUT2D eigenvalue weighted by Crippen LogP contribution is -2.24. The smallest absolute Gasteiger partial charge is 0.220 e. The number of nitrogens with two attached hydrogens (primary N) is 1. The number of rotatable bonds is 9. The van der Waals surface area contributed by atoms with Crippen LogP contribution in [0.2, 0.25) is 0 Å². The molecule has 1 aromatic rings. The van der Waals surface area contributed by atoms with E-state index in [1.165, 1.54) is 0 Å². The highest BCUT2D eigenvalue weighted by Gasteiger charge is 2.02. The molecule has 0 aliphatic rings. The zero-order valence-electron chi connectivity index (χ0n) is 11.7. The minimum atomic E-state index is 0.114. The van der Waals surface area contributed by atoms with E-state index in [1.54, 1.807) is 7.11 Å². The maximum absolute atomic E-state index is 11.6. The first-order valence-electron chi connectivity index (χ1n) is 6.86. The van der Waals surface area contributed by atoms with Gasteiger partial charge in [-0.25, -0.2) is 0 Å². The second-order valence-electron chi connectivity index (χ2n) is 4.55. The molecule has 1 amide bonds. The fraction of sp³-hybridized carbons (Fsp3) is 0.533. The molecule has 19 heavy (non-hydrogen) atoms. The molecule has 106 valence electrons. The van der Waals surface area contributed by atoms with E-state index in [4.69, 9.17) is 10.5 Å². The van der Waals surface area contributed by atoms with Gasteiger partial charge in [0.2, 0.25) is 5.91 Å². The van der Waals surface area contributed by atoms with Crippen LogP contribution in [0.4, 0.5) is 0 Å². The molecule has 0 bridgehead atoms. The molecule has 4 nitrogen and oxygen atoms in total. The zero-order valence-corrected chi connectivity index (χ0v) is 11.7. The minimum absolute atomic E-state index is 0.114. The number of ether oxygens (including phenoxy) is 1. The van der Waals surface area contributed by atoms with Crippen molar-refractivity contribution in [3.8, 4) is 5.75 Å². The summed E-state index contributed by atoms with van der Waals surface area (Å²) in [5, 5.41) is 2.93. The van der Waals surface area contributed by atoms with Gasteiger partial charge in [0.15, 0.2) is 0 Å². The molecule has 0 spiro atoms. The summed E-state index contributed by atoms with van der Waals surface area (Å²) in [6, 6.07) is 7.82. The van der Waals surface area contributed by atoms with Gasteiger partial charge in [-0.05, 0) is 43.5 Å². The maximum Gasteiger partial charge on any atom is 0.220 e. The quantitative estimate of drug-likeness (QED) is 0.669. The number of benzene rings is 1. The first-order chi connectivity index (χ1) is 9.26. The topological polar surface area (TPSA) is 64.3 Å². The molecule has 3 N–H and O–H groups in total. The SMILES string of the molecule is COc1ccc(CCC(=O)NCCCCCN)cc1. The van der Waals surface area contributed by atoms with Gasteiger partial charge in [-0.3, -0.25) is 4.79 Å². The van der Waals surface area contributed by atoms with Crippen LogP contribution in [-0.4, -0.2) is 26.1 Å². The van der Waals surface area contributed by atoms with E-state index in [9.17, 15) is 4.79 Å². The minimum Gasteiger partial charge on any atom is -0.497 e. The summed E-state index contributed by atoms with van der Waals surface area (Å²) in [5.74, 6) is 0.955. The molecule has 1 aromatic carbocycles. The molecular formula is C15H24N2O2. The van der Waals surface area contributed by atoms with Crippen LogP contribution in [0.1, 0.15) is 31.2 Å². The summed E-state index contributed by atoms with van der Waals surface area (Å²) in [5.41, 5.74) is 6.56. The van der Waals surface area contributed by atoms with Crippen molar-refractivity contribution >= 4 is 5.91 Å². The van der Waals surface area contributed by atoms with Gasteiger partial charge in [0.25, 0.3) is 0 Å². The third-order valence-corrected chi connectivity index (χ3v) is 3.00. The number of methoxy groups -OCH3 is 1. The maximum atomic E-state index is 11.6. The molecule has 0 aromatic heterocycles. The lowest BCUT2D eigenvalue weighted by Gasteiger charge is -2.06. The molecule has 0 radical (unpaired) electrons. The summed E-state index contributed by atoms with van der Waals surface area (Å²) in [7, 11) is 1.65. The predicted molar refractivity (Wildman–Crippen MR) is 77.2 cm³/mol. The monoisotopic (exact) mass is 264 g/mol. The van der Waals surface area contributed by atoms with Crippen LogP contribution in [0, 0.1) is 0 Å². The number of unbranched alkanes of at least 4 members (excludes halogenated alkanes) is 2. The summed E-state index contributed by atoms with van der Waals surface area (Å²) in [6.07, 6.45) is 4.41. The first kappa shape index (κ1) is 15.5. The standard InChI is InChI=1S/C15H24N2O2/c1-19-14-8-5-13(6-9-14)7-10-15(18)17-12-4-2-3-11-16/h5-6,8-9H,2-4,7,10-12,16H2,1H3,(H,17,18). The first-order valence-corrected chi connectivity index (χ1v) is 6.86. The van der Waals surface area contributed by atoms with E-state index in [-0.39, 0.29) is 5.91 Å². The van der Waals surface area contributed by atoms with Gasteiger partial charge in [0, 0.05) is 13.0 Å². The van der Waals surface area contributed by atoms with Crippen LogP contribution in [-0.2, 0) is 11.2 Å². The lowest BCUT2D eigenvalue weighted by atomic mass is 10.1. The van der Waals surface area contributed by atoms with Crippen LogP contribution in [0.3, 0.4) is 0 Å². The van der Waals surface area contributed by atoms with Crippen molar-refractivity contribution in [2.75, 3.05) is 20.2 Å². The van der Waals surface area contributed by atoms with Gasteiger partial charge in [-0.1, -0.05) is 18.6 Å². The molecular weight excluding hydrogens is 240 g/mol. The fourth-order valence-electron chi connectivity index (χ4n) is 1.81. The molecule has 0 fully saturated rings. The largest absolute Gasteiger partial charge is 0.497 e. The Bertz CT molecular complexity index is 363. The third-order valence-electron chi connectivity index (χ3n) is 3.00. The van der Waals surface area contributed by atoms with Gasteiger partial charge >= 0.3 is 0 Å². The molecule has 1 rings (SSSR count). The fourth-order valence-corrected chi connectivity index (χ4v) is 1.81. The van der Waals surface area contributed by atoms with Crippen LogP contribution in [0.15, 0.2) is 24.3 Å². The average Bonchev–Trinajstić information content (AvgIpc) is 2.45. The molecule has 0 atom stereocenters. The van der Waals surface area contributed by atoms with Crippen molar-refractivity contribution in [1.29, 1.82) is 0 Å². The summed E-state index contributed by atoms with van der Waals surface area (Å²) in [6.45, 7) is 1.48. The number of hydrogen-bond donors (Lipinski definition) is 2. The Kier molecular flexibility index (Phi) is 7.66. The Balaban J connectivity index is 2.15. The summed E-state index contributed by atoms with van der Waals surface area (Å²) < 4.78 is 5.09. The molecule has 0 saturated carbocycles. The Labute approximate surface area is 115 Å². The van der Waals surface area contributed by atoms with Crippen molar-refractivity contribution in [2.24, 2.45) is 5.73 Å². The Hall–Kier alpha value is -1.55. The van der Waals surface area contributed by atoms with Crippen molar-refractivity contribution in [2.45, 2.75) is 32.1 Å². The van der Waals surface area contributed by atoms with E-state index in [1.807, 2.05) is 24.3 Å². The number of hydrogen-bond acceptors (Lipinski definition) is 3. The third kappa shape index (κ3) is 6.82. The molecule has 0 saturated heterocycles. The number of carbonyl (C=O) groups excluding carboxylic acids is 1. The summed E-state index contributed by atoms with van der Waals surface area (Å²) in [4.78, 5) is 11.6. The highest BCUT2D eigenvalue weighted by molar-refractivity contribution is 5.76. The summed E-state index contributed by atoms with van der Waals surface area (Å²) >= 11 is 0. The molecule has 0 heterocycles. The Morgan fingerprint density at radius 1 is 1.21 bits per heavy atom. The average molecular weight is 264 g/mol. The predicted octanol–water partition coefficient (Wildman–Crippen LogP) is 1.87. The van der Waals surface area contributed by atoms with Crippen molar-refractivity contribution in [3.63, 3.8) is 0 Å². The molecule has 0 aliphatic heterocycles. The Morgan fingerprint density at radius 3 is 2.58 bits per heavy atom. The van der Waals surface area contributed by atoms with E-state index in [2.05, 4.69) is 5.32 Å². The second kappa shape index (κ2) is 9.39. The number of carbonyl (C=O) groups is 1. The van der Waals surface area contributed by atoms with E-state index in [0.29, 0.717) is 6.42 Å². The van der Waals surface area contributed by atoms with Gasteiger partial charge in [0.05, 0.1) is 7.11 Å². The van der Waals surface area contributed by atoms with Crippen LogP contribution >= 0.6 is 0 Å². The number of nitrogens with one attached hydrogen (secondary N) is 1. The van der Waals surface area contributed by atoms with Gasteiger partial charge in [-0.15, -0.1) is 0 Å². The van der Waals surface area contributed by atoms with E-state index >= 15 is 0 Å². The molecule has 4 heteroatoms. The highest BCUT2D eigenvalue weighted by Crippen LogP contribution is 2.12. The second-order valence-corrected chi connectivity index (χ2v) is 4.55. The van der Waals surface area contributed by atoms with Crippen molar-refractivity contribution in [3.05, 3.63) is 29.8 Å². The molecule has 0 unspecified atom stereocenters. The zero-order chi connectivity index (χ0) is 13.9. The van der Waals surface area contributed by atoms with Crippen molar-refractivity contribution < 1.29 is 9.53 Å². The highest BCUT2D eigenvalue weighted by atomic mass is 16.5. The molecule has 0 aliphatic carbocycles.